The average molecular weight is 897 g/mol. The van der Waals surface area contributed by atoms with E-state index in [1.807, 2.05) is 0 Å². The number of alkyl halides is 1. The van der Waals surface area contributed by atoms with Gasteiger partial charge in [-0.05, 0) is 147 Å². The summed E-state index contributed by atoms with van der Waals surface area (Å²) in [5.74, 6) is 1.46. The molecule has 0 saturated carbocycles. The summed E-state index contributed by atoms with van der Waals surface area (Å²) in [5, 5.41) is 1.23. The Labute approximate surface area is 370 Å². The van der Waals surface area contributed by atoms with E-state index in [1.54, 1.807) is 0 Å². The molecule has 5 aromatic rings. The molecule has 3 aliphatic rings. The van der Waals surface area contributed by atoms with Crippen LogP contribution in [0.15, 0.2) is 95.1 Å². The molecule has 0 spiro atoms. The topological polar surface area (TPSA) is 19.6 Å². The van der Waals surface area contributed by atoms with Crippen LogP contribution in [0.4, 0.5) is 28.4 Å². The van der Waals surface area contributed by atoms with E-state index < -0.39 is 0 Å². The molecule has 308 valence electrons. The van der Waals surface area contributed by atoms with Gasteiger partial charge in [0.15, 0.2) is 0 Å². The first-order valence-corrected chi connectivity index (χ1v) is 23.6. The van der Waals surface area contributed by atoms with Gasteiger partial charge in [0, 0.05) is 37.8 Å². The van der Waals surface area contributed by atoms with E-state index in [1.165, 1.54) is 91.1 Å². The smallest absolute Gasteiger partial charge is 0.297 e. The highest BCUT2D eigenvalue weighted by Gasteiger charge is 2.47. The number of furan rings is 1. The van der Waals surface area contributed by atoms with Gasteiger partial charge in [-0.25, -0.2) is 0 Å². The van der Waals surface area contributed by atoms with Crippen LogP contribution in [0.1, 0.15) is 162 Å². The number of allylic oxidation sites excluding steroid dienone is 3. The second-order valence-corrected chi connectivity index (χ2v) is 22.4. The fraction of sp³-hybridized carbons (Fsp3) is 0.444. The zero-order chi connectivity index (χ0) is 42.5. The van der Waals surface area contributed by atoms with Crippen LogP contribution < -0.4 is 26.4 Å². The largest absolute Gasteiger partial charge is 0.468 e. The third-order valence-electron chi connectivity index (χ3n) is 14.1. The van der Waals surface area contributed by atoms with Crippen molar-refractivity contribution < 1.29 is 4.42 Å². The van der Waals surface area contributed by atoms with Gasteiger partial charge in [0.25, 0.3) is 6.71 Å². The van der Waals surface area contributed by atoms with Crippen LogP contribution in [0.5, 0.6) is 0 Å². The molecule has 1 aliphatic carbocycles. The minimum absolute atomic E-state index is 0.0197. The van der Waals surface area contributed by atoms with Crippen molar-refractivity contribution in [3.63, 3.8) is 0 Å². The molecule has 0 N–H and O–H groups in total. The Morgan fingerprint density at radius 1 is 0.864 bits per heavy atom. The van der Waals surface area contributed by atoms with Gasteiger partial charge in [-0.3, -0.25) is 0 Å². The second kappa shape index (κ2) is 15.0. The molecule has 1 aromatic heterocycles. The predicted octanol–water partition coefficient (Wildman–Crippen LogP) is 14.6. The van der Waals surface area contributed by atoms with Crippen LogP contribution in [0.25, 0.3) is 11.0 Å². The molecule has 3 nitrogen and oxygen atoms in total. The fourth-order valence-electron chi connectivity index (χ4n) is 9.91. The molecule has 2 aliphatic heterocycles. The van der Waals surface area contributed by atoms with Crippen molar-refractivity contribution in [2.75, 3.05) is 9.80 Å². The summed E-state index contributed by atoms with van der Waals surface area (Å²) in [5.41, 5.74) is 19.2. The zero-order valence-corrected chi connectivity index (χ0v) is 40.4. The monoisotopic (exact) mass is 896 g/mol. The molecule has 3 heterocycles. The minimum Gasteiger partial charge on any atom is -0.468 e. The van der Waals surface area contributed by atoms with Gasteiger partial charge in [-0.2, -0.15) is 0 Å². The summed E-state index contributed by atoms with van der Waals surface area (Å²) in [7, 11) is 0. The van der Waals surface area contributed by atoms with Gasteiger partial charge in [0.05, 0.1) is 11.3 Å². The van der Waals surface area contributed by atoms with E-state index in [0.717, 1.165) is 17.7 Å². The Morgan fingerprint density at radius 2 is 1.54 bits per heavy atom. The van der Waals surface area contributed by atoms with Gasteiger partial charge in [0.2, 0.25) is 0 Å². The number of benzene rings is 4. The number of hydrogen-bond donors (Lipinski definition) is 0. The lowest BCUT2D eigenvalue weighted by atomic mass is 9.35. The van der Waals surface area contributed by atoms with Crippen LogP contribution in [0, 0.1) is 5.41 Å². The van der Waals surface area contributed by atoms with Crippen LogP contribution in [0.2, 0.25) is 0 Å². The number of nitrogens with zero attached hydrogens (tertiary/aromatic N) is 2. The first kappa shape index (κ1) is 42.0. The van der Waals surface area contributed by atoms with E-state index in [2.05, 4.69) is 214 Å². The number of fused-ring (bicyclic) bond motifs is 7. The molecular weight excluding hydrogens is 830 g/mol. The summed E-state index contributed by atoms with van der Waals surface area (Å²) in [6, 6.07) is 26.5. The van der Waals surface area contributed by atoms with E-state index in [4.69, 9.17) is 4.42 Å². The highest BCUT2D eigenvalue weighted by molar-refractivity contribution is 14.1. The summed E-state index contributed by atoms with van der Waals surface area (Å²) in [6.45, 7) is 32.7. The third kappa shape index (κ3) is 7.03. The molecule has 2 unspecified atom stereocenters. The lowest BCUT2D eigenvalue weighted by Gasteiger charge is -2.43. The molecule has 8 rings (SSSR count). The molecule has 0 fully saturated rings. The highest BCUT2D eigenvalue weighted by Crippen LogP contribution is 2.50. The summed E-state index contributed by atoms with van der Waals surface area (Å²) in [4.78, 5) is 5.11. The third-order valence-corrected chi connectivity index (χ3v) is 16.4. The lowest BCUT2D eigenvalue weighted by molar-refractivity contribution is 0.443. The van der Waals surface area contributed by atoms with Crippen LogP contribution in [-0.2, 0) is 10.8 Å². The van der Waals surface area contributed by atoms with E-state index in [9.17, 15) is 0 Å². The van der Waals surface area contributed by atoms with Gasteiger partial charge in [-0.15, -0.1) is 0 Å². The van der Waals surface area contributed by atoms with Crippen molar-refractivity contribution in [2.24, 2.45) is 5.41 Å². The summed E-state index contributed by atoms with van der Waals surface area (Å²) < 4.78 is 7.83. The standard InChI is InChI=1S/C54H66BIN2O/c1-15-36(24-27-48(56)53(10,11)12)57-44-26-22-35(52(7,8)9)28-43(44)55-49-45(57)18-17-19-46(49)58(37-23-25-38(32(3)4)42(29-37)54(13,14)16-2)50-41-30-39-33(5)20-21-34(6)40(39)31-47(41)59-51(50)55/h15,17-19,22-34,48H,16,20-21H2,1-14H3/b27-24-,36-15+/t33-,34?,48?/m1/s1. The van der Waals surface area contributed by atoms with Crippen molar-refractivity contribution in [1.29, 1.82) is 0 Å². The molecule has 4 aromatic carbocycles. The van der Waals surface area contributed by atoms with Gasteiger partial charge in [0.1, 0.15) is 5.58 Å². The van der Waals surface area contributed by atoms with E-state index in [0.29, 0.717) is 21.7 Å². The zero-order valence-electron chi connectivity index (χ0n) is 38.3. The average Bonchev–Trinajstić information content (AvgIpc) is 3.56. The molecular formula is C54H66BIN2O. The fourth-order valence-corrected chi connectivity index (χ4v) is 10.1. The molecule has 0 amide bonds. The van der Waals surface area contributed by atoms with E-state index in [-0.39, 0.29) is 23.0 Å². The first-order chi connectivity index (χ1) is 27.8. The van der Waals surface area contributed by atoms with Crippen LogP contribution >= 0.6 is 22.6 Å². The van der Waals surface area contributed by atoms with Crippen LogP contribution in [-0.4, -0.2) is 10.6 Å². The SMILES string of the molecule is C/C=C(\C=C/C(I)C(C)(C)C)N1c2ccc(C(C)(C)C)cc2B2c3oc4cc5c(cc4c3N(c3ccc(C(C)C)c(C(C)(C)CC)c3)c3cccc1c32)[C@H](C)CCC5C. The lowest BCUT2D eigenvalue weighted by Crippen LogP contribution is -2.61. The molecule has 0 bridgehead atoms. The number of rotatable bonds is 7. The molecule has 59 heavy (non-hydrogen) atoms. The van der Waals surface area contributed by atoms with Crippen molar-refractivity contribution in [3.8, 4) is 0 Å². The number of hydrogen-bond acceptors (Lipinski definition) is 3. The van der Waals surface area contributed by atoms with Gasteiger partial charge in [-0.1, -0.05) is 149 Å². The Kier molecular flexibility index (Phi) is 10.7. The summed E-state index contributed by atoms with van der Waals surface area (Å²) in [6.07, 6.45) is 10.5. The molecule has 3 atom stereocenters. The maximum atomic E-state index is 7.45. The Morgan fingerprint density at radius 3 is 2.17 bits per heavy atom. The van der Waals surface area contributed by atoms with Crippen LogP contribution in [0.3, 0.4) is 0 Å². The first-order valence-electron chi connectivity index (χ1n) is 22.4. The van der Waals surface area contributed by atoms with Crippen molar-refractivity contribution in [3.05, 3.63) is 118 Å². The minimum atomic E-state index is -0.0734. The van der Waals surface area contributed by atoms with Crippen molar-refractivity contribution in [2.45, 2.75) is 149 Å². The maximum Gasteiger partial charge on any atom is 0.297 e. The predicted molar refractivity (Wildman–Crippen MR) is 266 cm³/mol. The molecule has 5 heteroatoms. The Bertz CT molecular complexity index is 2500. The number of anilines is 5. The Balaban J connectivity index is 1.48. The van der Waals surface area contributed by atoms with Crippen molar-refractivity contribution >= 4 is 85.3 Å². The summed E-state index contributed by atoms with van der Waals surface area (Å²) >= 11 is 2.60. The molecule has 0 saturated heterocycles. The van der Waals surface area contributed by atoms with Gasteiger partial charge >= 0.3 is 0 Å². The van der Waals surface area contributed by atoms with E-state index >= 15 is 0 Å². The normalized spacial score (nSPS) is 18.7. The quantitative estimate of drug-likeness (QED) is 0.0689. The second-order valence-electron chi connectivity index (χ2n) is 21.0. The van der Waals surface area contributed by atoms with Gasteiger partial charge < -0.3 is 14.2 Å². The number of halogens is 1. The Hall–Kier alpha value is -3.71. The molecule has 0 radical (unpaired) electrons. The maximum absolute atomic E-state index is 7.45. The van der Waals surface area contributed by atoms with Crippen molar-refractivity contribution in [1.82, 2.24) is 0 Å². The highest BCUT2D eigenvalue weighted by atomic mass is 127.